The fourth-order valence-corrected chi connectivity index (χ4v) is 5.34. The molecule has 1 fully saturated rings. The van der Waals surface area contributed by atoms with Crippen LogP contribution in [0.25, 0.3) is 10.9 Å². The number of para-hydroxylation sites is 1. The Hall–Kier alpha value is -3.51. The van der Waals surface area contributed by atoms with Gasteiger partial charge < -0.3 is 4.90 Å². The Balaban J connectivity index is 1.32. The van der Waals surface area contributed by atoms with Crippen LogP contribution in [0.15, 0.2) is 66.9 Å². The van der Waals surface area contributed by atoms with Gasteiger partial charge in [0.05, 0.1) is 12.1 Å². The Morgan fingerprint density at radius 3 is 2.53 bits per heavy atom. The summed E-state index contributed by atoms with van der Waals surface area (Å²) in [6, 6.07) is 20.8. The highest BCUT2D eigenvalue weighted by Crippen LogP contribution is 2.28. The second-order valence-corrected chi connectivity index (χ2v) is 9.36. The number of likely N-dealkylation sites (tertiary alicyclic amines) is 1. The monoisotopic (exact) mass is 451 g/mol. The molecule has 172 valence electrons. The molecule has 0 radical (unpaired) electrons. The van der Waals surface area contributed by atoms with Crippen LogP contribution in [0.1, 0.15) is 45.7 Å². The van der Waals surface area contributed by atoms with Crippen LogP contribution in [-0.4, -0.2) is 50.1 Å². The molecule has 34 heavy (non-hydrogen) atoms. The molecule has 1 amide bonds. The number of pyridine rings is 1. The standard InChI is InChI=1S/C28H29N5O/c34-28(32-15-6-7-16-32)27-24-20-31(19-22-12-14-29-25-11-5-4-10-23(22)25)17-13-26(24)33(30-27)18-21-8-2-1-3-9-21/h1-5,8-12,14H,6-7,13,15-20H2. The molecule has 2 aliphatic heterocycles. The molecule has 0 N–H and O–H groups in total. The maximum absolute atomic E-state index is 13.4. The zero-order valence-electron chi connectivity index (χ0n) is 19.4. The molecule has 4 heterocycles. The molecule has 0 unspecified atom stereocenters. The number of hydrogen-bond donors (Lipinski definition) is 0. The molecular formula is C28H29N5O. The lowest BCUT2D eigenvalue weighted by Gasteiger charge is -2.28. The van der Waals surface area contributed by atoms with E-state index in [1.54, 1.807) is 0 Å². The Kier molecular flexibility index (Phi) is 5.59. The van der Waals surface area contributed by atoms with Gasteiger partial charge in [0.1, 0.15) is 0 Å². The van der Waals surface area contributed by atoms with Crippen LogP contribution < -0.4 is 0 Å². The molecule has 6 rings (SSSR count). The van der Waals surface area contributed by atoms with E-state index in [0.717, 1.165) is 63.1 Å². The van der Waals surface area contributed by atoms with Gasteiger partial charge in [0.15, 0.2) is 5.69 Å². The van der Waals surface area contributed by atoms with Crippen molar-refractivity contribution in [3.63, 3.8) is 0 Å². The predicted molar refractivity (Wildman–Crippen MR) is 132 cm³/mol. The van der Waals surface area contributed by atoms with Crippen LogP contribution in [0.2, 0.25) is 0 Å². The molecule has 6 nitrogen and oxygen atoms in total. The maximum Gasteiger partial charge on any atom is 0.274 e. The number of hydrogen-bond acceptors (Lipinski definition) is 4. The van der Waals surface area contributed by atoms with Gasteiger partial charge in [-0.05, 0) is 36.1 Å². The Morgan fingerprint density at radius 1 is 0.882 bits per heavy atom. The molecule has 0 bridgehead atoms. The minimum absolute atomic E-state index is 0.0942. The second kappa shape index (κ2) is 9.03. The second-order valence-electron chi connectivity index (χ2n) is 9.36. The van der Waals surface area contributed by atoms with Crippen LogP contribution in [0.3, 0.4) is 0 Å². The lowest BCUT2D eigenvalue weighted by atomic mass is 10.0. The van der Waals surface area contributed by atoms with E-state index in [2.05, 4.69) is 63.1 Å². The van der Waals surface area contributed by atoms with Gasteiger partial charge in [-0.15, -0.1) is 0 Å². The zero-order valence-corrected chi connectivity index (χ0v) is 19.4. The van der Waals surface area contributed by atoms with Gasteiger partial charge in [0, 0.05) is 62.0 Å². The van der Waals surface area contributed by atoms with Crippen molar-refractivity contribution < 1.29 is 4.79 Å². The van der Waals surface area contributed by atoms with E-state index in [0.29, 0.717) is 12.2 Å². The van der Waals surface area contributed by atoms with E-state index in [9.17, 15) is 4.79 Å². The number of aromatic nitrogens is 3. The van der Waals surface area contributed by atoms with Crippen molar-refractivity contribution in [2.75, 3.05) is 19.6 Å². The average Bonchev–Trinajstić information content (AvgIpc) is 3.53. The summed E-state index contributed by atoms with van der Waals surface area (Å²) in [7, 11) is 0. The van der Waals surface area contributed by atoms with E-state index < -0.39 is 0 Å². The maximum atomic E-state index is 13.4. The van der Waals surface area contributed by atoms with Gasteiger partial charge in [0.25, 0.3) is 5.91 Å². The van der Waals surface area contributed by atoms with E-state index in [1.165, 1.54) is 22.2 Å². The van der Waals surface area contributed by atoms with Crippen LogP contribution in [0.4, 0.5) is 0 Å². The molecule has 0 saturated carbocycles. The number of nitrogens with zero attached hydrogens (tertiary/aromatic N) is 5. The van der Waals surface area contributed by atoms with Crippen molar-refractivity contribution in [3.8, 4) is 0 Å². The average molecular weight is 452 g/mol. The van der Waals surface area contributed by atoms with Crippen molar-refractivity contribution >= 4 is 16.8 Å². The molecule has 0 aliphatic carbocycles. The lowest BCUT2D eigenvalue weighted by Crippen LogP contribution is -2.33. The first-order valence-electron chi connectivity index (χ1n) is 12.2. The number of rotatable bonds is 5. The highest BCUT2D eigenvalue weighted by molar-refractivity contribution is 5.94. The fourth-order valence-electron chi connectivity index (χ4n) is 5.34. The third-order valence-corrected chi connectivity index (χ3v) is 7.12. The van der Waals surface area contributed by atoms with Crippen LogP contribution in [-0.2, 0) is 26.1 Å². The highest BCUT2D eigenvalue weighted by atomic mass is 16.2. The van der Waals surface area contributed by atoms with Crippen molar-refractivity contribution in [1.82, 2.24) is 24.6 Å². The van der Waals surface area contributed by atoms with Gasteiger partial charge in [-0.3, -0.25) is 19.4 Å². The normalized spacial score (nSPS) is 16.2. The third-order valence-electron chi connectivity index (χ3n) is 7.12. The van der Waals surface area contributed by atoms with Crippen molar-refractivity contribution in [1.29, 1.82) is 0 Å². The van der Waals surface area contributed by atoms with Crippen molar-refractivity contribution in [2.24, 2.45) is 0 Å². The molecule has 1 saturated heterocycles. The Morgan fingerprint density at radius 2 is 1.68 bits per heavy atom. The first kappa shape index (κ1) is 21.1. The molecule has 0 atom stereocenters. The summed E-state index contributed by atoms with van der Waals surface area (Å²) < 4.78 is 2.08. The molecule has 4 aromatic rings. The lowest BCUT2D eigenvalue weighted by molar-refractivity contribution is 0.0783. The number of fused-ring (bicyclic) bond motifs is 2. The van der Waals surface area contributed by atoms with E-state index >= 15 is 0 Å². The summed E-state index contributed by atoms with van der Waals surface area (Å²) in [5, 5.41) is 6.11. The predicted octanol–water partition coefficient (Wildman–Crippen LogP) is 4.27. The third kappa shape index (κ3) is 3.99. The number of carbonyl (C=O) groups is 1. The Bertz CT molecular complexity index is 1320. The summed E-state index contributed by atoms with van der Waals surface area (Å²) in [5.74, 6) is 0.0942. The van der Waals surface area contributed by atoms with Crippen molar-refractivity contribution in [2.45, 2.75) is 38.9 Å². The molecule has 2 aromatic heterocycles. The molecule has 2 aliphatic rings. The van der Waals surface area contributed by atoms with Crippen LogP contribution >= 0.6 is 0 Å². The summed E-state index contributed by atoms with van der Waals surface area (Å²) in [4.78, 5) is 22.4. The smallest absolute Gasteiger partial charge is 0.274 e. The van der Waals surface area contributed by atoms with Gasteiger partial charge >= 0.3 is 0 Å². The number of benzene rings is 2. The summed E-state index contributed by atoms with van der Waals surface area (Å²) in [6.07, 6.45) is 4.96. The quantitative estimate of drug-likeness (QED) is 0.455. The van der Waals surface area contributed by atoms with E-state index in [4.69, 9.17) is 5.10 Å². The largest absolute Gasteiger partial charge is 0.337 e. The first-order chi connectivity index (χ1) is 16.8. The molecule has 2 aromatic carbocycles. The fraction of sp³-hybridized carbons (Fsp3) is 0.321. The summed E-state index contributed by atoms with van der Waals surface area (Å²) >= 11 is 0. The molecule has 6 heteroatoms. The minimum atomic E-state index is 0.0942. The first-order valence-corrected chi connectivity index (χ1v) is 12.2. The minimum Gasteiger partial charge on any atom is -0.337 e. The SMILES string of the molecule is O=C(c1nn(Cc2ccccc2)c2c1CN(Cc1ccnc3ccccc13)CC2)N1CCCC1. The Labute approximate surface area is 199 Å². The molecule has 0 spiro atoms. The van der Waals surface area contributed by atoms with E-state index in [1.807, 2.05) is 23.2 Å². The van der Waals surface area contributed by atoms with Crippen LogP contribution in [0.5, 0.6) is 0 Å². The van der Waals surface area contributed by atoms with Gasteiger partial charge in [0.2, 0.25) is 0 Å². The molecular weight excluding hydrogens is 422 g/mol. The van der Waals surface area contributed by atoms with Gasteiger partial charge in [-0.2, -0.15) is 5.10 Å². The summed E-state index contributed by atoms with van der Waals surface area (Å²) in [5.41, 5.74) is 6.48. The van der Waals surface area contributed by atoms with Gasteiger partial charge in [-0.25, -0.2) is 0 Å². The topological polar surface area (TPSA) is 54.3 Å². The number of carbonyl (C=O) groups excluding carboxylic acids is 1. The van der Waals surface area contributed by atoms with Crippen molar-refractivity contribution in [3.05, 3.63) is 94.9 Å². The van der Waals surface area contributed by atoms with E-state index in [-0.39, 0.29) is 5.91 Å². The van der Waals surface area contributed by atoms with Gasteiger partial charge in [-0.1, -0.05) is 48.5 Å². The van der Waals surface area contributed by atoms with Crippen LogP contribution in [0, 0.1) is 0 Å². The zero-order chi connectivity index (χ0) is 22.9. The highest BCUT2D eigenvalue weighted by Gasteiger charge is 2.31. The summed E-state index contributed by atoms with van der Waals surface area (Å²) in [6.45, 7) is 4.91. The number of amides is 1.